The molecule has 0 saturated carbocycles. The SMILES string of the molecule is O=C(O)C1CC(O)CN1C(=O)N1CCC(O)CC1. The van der Waals surface area contributed by atoms with Gasteiger partial charge in [-0.05, 0) is 12.8 Å². The lowest BCUT2D eigenvalue weighted by Crippen LogP contribution is -2.51. The first-order chi connectivity index (χ1) is 8.49. The van der Waals surface area contributed by atoms with E-state index in [-0.39, 0.29) is 25.1 Å². The number of urea groups is 1. The molecule has 102 valence electrons. The lowest BCUT2D eigenvalue weighted by Gasteiger charge is -2.34. The van der Waals surface area contributed by atoms with E-state index in [0.717, 1.165) is 0 Å². The summed E-state index contributed by atoms with van der Waals surface area (Å²) in [5.41, 5.74) is 0. The summed E-state index contributed by atoms with van der Waals surface area (Å²) in [6, 6.07) is -1.30. The number of aliphatic hydroxyl groups excluding tert-OH is 2. The van der Waals surface area contributed by atoms with Crippen molar-refractivity contribution in [1.82, 2.24) is 9.80 Å². The fourth-order valence-electron chi connectivity index (χ4n) is 2.50. The molecular formula is C11H18N2O5. The summed E-state index contributed by atoms with van der Waals surface area (Å²) in [7, 11) is 0. The highest BCUT2D eigenvalue weighted by Gasteiger charge is 2.41. The lowest BCUT2D eigenvalue weighted by molar-refractivity contribution is -0.141. The van der Waals surface area contributed by atoms with Crippen LogP contribution in [0.4, 0.5) is 4.79 Å². The Morgan fingerprint density at radius 1 is 1.06 bits per heavy atom. The Labute approximate surface area is 105 Å². The standard InChI is InChI=1S/C11H18N2O5/c14-7-1-3-12(4-2-7)11(18)13-6-8(15)5-9(13)10(16)17/h7-9,14-15H,1-6H2,(H,16,17). The molecule has 0 spiro atoms. The van der Waals surface area contributed by atoms with Crippen LogP contribution < -0.4 is 0 Å². The molecule has 0 aromatic rings. The molecule has 0 aromatic carbocycles. The van der Waals surface area contributed by atoms with Crippen molar-refractivity contribution in [2.75, 3.05) is 19.6 Å². The van der Waals surface area contributed by atoms with Crippen molar-refractivity contribution >= 4 is 12.0 Å². The molecule has 2 unspecified atom stereocenters. The van der Waals surface area contributed by atoms with Gasteiger partial charge in [0.15, 0.2) is 0 Å². The van der Waals surface area contributed by atoms with Crippen LogP contribution in [0.3, 0.4) is 0 Å². The predicted octanol–water partition coefficient (Wildman–Crippen LogP) is -0.917. The number of hydrogen-bond acceptors (Lipinski definition) is 4. The monoisotopic (exact) mass is 258 g/mol. The summed E-state index contributed by atoms with van der Waals surface area (Å²) in [6.07, 6.45) is -0.0454. The average molecular weight is 258 g/mol. The van der Waals surface area contributed by atoms with Gasteiger partial charge >= 0.3 is 12.0 Å². The summed E-state index contributed by atoms with van der Waals surface area (Å²) in [6.45, 7) is 0.923. The number of aliphatic carboxylic acids is 1. The highest BCUT2D eigenvalue weighted by molar-refractivity contribution is 5.83. The van der Waals surface area contributed by atoms with Crippen LogP contribution in [0.25, 0.3) is 0 Å². The number of likely N-dealkylation sites (tertiary alicyclic amines) is 2. The van der Waals surface area contributed by atoms with Crippen molar-refractivity contribution in [3.63, 3.8) is 0 Å². The van der Waals surface area contributed by atoms with Gasteiger partial charge in [0.1, 0.15) is 6.04 Å². The largest absolute Gasteiger partial charge is 0.480 e. The molecule has 0 aliphatic carbocycles. The summed E-state index contributed by atoms with van der Waals surface area (Å²) in [5, 5.41) is 27.9. The van der Waals surface area contributed by atoms with Crippen molar-refractivity contribution in [2.45, 2.75) is 37.5 Å². The van der Waals surface area contributed by atoms with E-state index in [2.05, 4.69) is 0 Å². The number of rotatable bonds is 1. The molecule has 2 rings (SSSR count). The number of carbonyl (C=O) groups is 2. The van der Waals surface area contributed by atoms with Crippen molar-refractivity contribution in [3.05, 3.63) is 0 Å². The normalized spacial score (nSPS) is 29.7. The van der Waals surface area contributed by atoms with Gasteiger partial charge < -0.3 is 25.1 Å². The van der Waals surface area contributed by atoms with E-state index in [1.165, 1.54) is 4.90 Å². The van der Waals surface area contributed by atoms with Gasteiger partial charge in [-0.15, -0.1) is 0 Å². The zero-order chi connectivity index (χ0) is 13.3. The zero-order valence-corrected chi connectivity index (χ0v) is 10.0. The van der Waals surface area contributed by atoms with Crippen LogP contribution in [0, 0.1) is 0 Å². The van der Waals surface area contributed by atoms with E-state index in [4.69, 9.17) is 5.11 Å². The molecule has 0 aromatic heterocycles. The van der Waals surface area contributed by atoms with Gasteiger partial charge in [0.2, 0.25) is 0 Å². The predicted molar refractivity (Wildman–Crippen MR) is 61.0 cm³/mol. The number of nitrogens with zero attached hydrogens (tertiary/aromatic N) is 2. The Balaban J connectivity index is 2.01. The summed E-state index contributed by atoms with van der Waals surface area (Å²) in [4.78, 5) is 26.0. The van der Waals surface area contributed by atoms with Crippen molar-refractivity contribution in [2.24, 2.45) is 0 Å². The minimum absolute atomic E-state index is 0.0643. The van der Waals surface area contributed by atoms with Crippen LogP contribution in [0.15, 0.2) is 0 Å². The molecule has 0 bridgehead atoms. The van der Waals surface area contributed by atoms with Crippen molar-refractivity contribution < 1.29 is 24.9 Å². The Kier molecular flexibility index (Phi) is 3.72. The van der Waals surface area contributed by atoms with Crippen LogP contribution in [0.5, 0.6) is 0 Å². The van der Waals surface area contributed by atoms with Crippen LogP contribution in [-0.4, -0.2) is 75.0 Å². The minimum Gasteiger partial charge on any atom is -0.480 e. The Hall–Kier alpha value is -1.34. The number of hydrogen-bond donors (Lipinski definition) is 3. The Bertz CT molecular complexity index is 340. The summed E-state index contributed by atoms with van der Waals surface area (Å²) < 4.78 is 0. The second-order valence-electron chi connectivity index (χ2n) is 4.90. The molecule has 2 atom stereocenters. The third kappa shape index (κ3) is 2.56. The quantitative estimate of drug-likeness (QED) is 0.565. The molecule has 2 fully saturated rings. The fourth-order valence-corrected chi connectivity index (χ4v) is 2.50. The van der Waals surface area contributed by atoms with Gasteiger partial charge in [0.25, 0.3) is 0 Å². The first-order valence-electron chi connectivity index (χ1n) is 6.13. The maximum absolute atomic E-state index is 12.2. The van der Waals surface area contributed by atoms with Crippen LogP contribution in [0.1, 0.15) is 19.3 Å². The third-order valence-corrected chi connectivity index (χ3v) is 3.54. The number of carbonyl (C=O) groups excluding carboxylic acids is 1. The number of amides is 2. The molecule has 2 heterocycles. The second-order valence-corrected chi connectivity index (χ2v) is 4.90. The molecule has 18 heavy (non-hydrogen) atoms. The third-order valence-electron chi connectivity index (χ3n) is 3.54. The van der Waals surface area contributed by atoms with Gasteiger partial charge in [-0.25, -0.2) is 9.59 Å². The first kappa shape index (κ1) is 13.1. The van der Waals surface area contributed by atoms with E-state index in [0.29, 0.717) is 25.9 Å². The Morgan fingerprint density at radius 3 is 2.22 bits per heavy atom. The van der Waals surface area contributed by atoms with E-state index >= 15 is 0 Å². The molecular weight excluding hydrogens is 240 g/mol. The molecule has 7 heteroatoms. The molecule has 0 radical (unpaired) electrons. The fraction of sp³-hybridized carbons (Fsp3) is 0.818. The Morgan fingerprint density at radius 2 is 1.67 bits per heavy atom. The van der Waals surface area contributed by atoms with Gasteiger partial charge in [-0.3, -0.25) is 0 Å². The summed E-state index contributed by atoms with van der Waals surface area (Å²) >= 11 is 0. The molecule has 2 aliphatic rings. The minimum atomic E-state index is -1.09. The average Bonchev–Trinajstić information content (AvgIpc) is 2.71. The second kappa shape index (κ2) is 5.11. The highest BCUT2D eigenvalue weighted by atomic mass is 16.4. The smallest absolute Gasteiger partial charge is 0.326 e. The van der Waals surface area contributed by atoms with Gasteiger partial charge in [-0.2, -0.15) is 0 Å². The maximum atomic E-state index is 12.2. The van der Waals surface area contributed by atoms with E-state index in [1.54, 1.807) is 4.90 Å². The summed E-state index contributed by atoms with van der Waals surface area (Å²) in [5.74, 6) is -1.09. The van der Waals surface area contributed by atoms with Crippen LogP contribution in [0.2, 0.25) is 0 Å². The number of piperidine rings is 1. The topological polar surface area (TPSA) is 101 Å². The maximum Gasteiger partial charge on any atom is 0.326 e. The number of aliphatic hydroxyl groups is 2. The van der Waals surface area contributed by atoms with E-state index < -0.39 is 18.1 Å². The first-order valence-corrected chi connectivity index (χ1v) is 6.13. The van der Waals surface area contributed by atoms with E-state index in [9.17, 15) is 19.8 Å². The zero-order valence-electron chi connectivity index (χ0n) is 10.0. The number of carboxylic acids is 1. The van der Waals surface area contributed by atoms with E-state index in [1.807, 2.05) is 0 Å². The molecule has 3 N–H and O–H groups in total. The molecule has 2 saturated heterocycles. The van der Waals surface area contributed by atoms with Crippen molar-refractivity contribution in [1.29, 1.82) is 0 Å². The lowest BCUT2D eigenvalue weighted by atomic mass is 10.1. The van der Waals surface area contributed by atoms with Crippen molar-refractivity contribution in [3.8, 4) is 0 Å². The molecule has 2 aliphatic heterocycles. The van der Waals surface area contributed by atoms with Gasteiger partial charge in [0, 0.05) is 26.1 Å². The molecule has 7 nitrogen and oxygen atoms in total. The van der Waals surface area contributed by atoms with Crippen LogP contribution >= 0.6 is 0 Å². The van der Waals surface area contributed by atoms with Crippen LogP contribution in [-0.2, 0) is 4.79 Å². The van der Waals surface area contributed by atoms with Gasteiger partial charge in [0.05, 0.1) is 12.2 Å². The highest BCUT2D eigenvalue weighted by Crippen LogP contribution is 2.21. The number of β-amino-alcohol motifs (C(OH)–C–C–N with tert-alkyl or cyclic N) is 1. The van der Waals surface area contributed by atoms with Gasteiger partial charge in [-0.1, -0.05) is 0 Å². The molecule has 2 amide bonds. The number of carboxylic acid groups (broad SMARTS) is 1.